The van der Waals surface area contributed by atoms with Crippen LogP contribution in [0, 0.1) is 17.3 Å². The number of likely N-dealkylation sites (tertiary alicyclic amines) is 2. The predicted octanol–water partition coefficient (Wildman–Crippen LogP) is 2.98. The van der Waals surface area contributed by atoms with Crippen molar-refractivity contribution in [3.63, 3.8) is 0 Å². The van der Waals surface area contributed by atoms with E-state index in [0.717, 1.165) is 70.6 Å². The fraction of sp³-hybridized carbons (Fsp3) is 0.800. The van der Waals surface area contributed by atoms with Gasteiger partial charge in [0, 0.05) is 32.1 Å². The van der Waals surface area contributed by atoms with Crippen molar-refractivity contribution in [2.75, 3.05) is 26.2 Å². The first-order valence-electron chi connectivity index (χ1n) is 9.91. The smallest absolute Gasteiger partial charge is 0.228 e. The molecule has 2 saturated heterocycles. The van der Waals surface area contributed by atoms with Gasteiger partial charge < -0.3 is 9.80 Å². The Morgan fingerprint density at radius 1 is 1.04 bits per heavy atom. The van der Waals surface area contributed by atoms with E-state index >= 15 is 0 Å². The highest BCUT2D eigenvalue weighted by molar-refractivity contribution is 5.84. The number of hydrogen-bond acceptors (Lipinski definition) is 2. The van der Waals surface area contributed by atoms with Crippen LogP contribution < -0.4 is 0 Å². The Morgan fingerprint density at radius 3 is 2.38 bits per heavy atom. The Kier molecular flexibility index (Phi) is 4.40. The standard InChI is InChI=1S/C20H30N2O2/c23-18(17-7-1-2-8-17)21-13-10-20(11-14-21)9-4-12-22(19(20)24)15-16-5-3-6-16/h1-2,16-17H,3-15H2. The van der Waals surface area contributed by atoms with Crippen LogP contribution in [0.3, 0.4) is 0 Å². The molecule has 0 unspecified atom stereocenters. The second kappa shape index (κ2) is 6.53. The van der Waals surface area contributed by atoms with Crippen molar-refractivity contribution < 1.29 is 9.59 Å². The highest BCUT2D eigenvalue weighted by Crippen LogP contribution is 2.42. The van der Waals surface area contributed by atoms with Crippen LogP contribution in [0.25, 0.3) is 0 Å². The third-order valence-electron chi connectivity index (χ3n) is 6.92. The Morgan fingerprint density at radius 2 is 1.75 bits per heavy atom. The maximum atomic E-state index is 13.1. The van der Waals surface area contributed by atoms with E-state index < -0.39 is 0 Å². The van der Waals surface area contributed by atoms with Crippen molar-refractivity contribution >= 4 is 11.8 Å². The maximum Gasteiger partial charge on any atom is 0.228 e. The Hall–Kier alpha value is -1.32. The minimum atomic E-state index is -0.160. The van der Waals surface area contributed by atoms with E-state index in [4.69, 9.17) is 0 Å². The van der Waals surface area contributed by atoms with Gasteiger partial charge in [0.2, 0.25) is 11.8 Å². The number of piperidine rings is 2. The lowest BCUT2D eigenvalue weighted by atomic mass is 9.71. The molecule has 0 aromatic carbocycles. The highest BCUT2D eigenvalue weighted by atomic mass is 16.2. The first-order chi connectivity index (χ1) is 11.7. The van der Waals surface area contributed by atoms with E-state index in [1.165, 1.54) is 19.3 Å². The summed E-state index contributed by atoms with van der Waals surface area (Å²) < 4.78 is 0. The molecule has 1 saturated carbocycles. The van der Waals surface area contributed by atoms with E-state index in [9.17, 15) is 9.59 Å². The Labute approximate surface area is 145 Å². The summed E-state index contributed by atoms with van der Waals surface area (Å²) in [7, 11) is 0. The van der Waals surface area contributed by atoms with Crippen LogP contribution in [-0.2, 0) is 9.59 Å². The molecule has 24 heavy (non-hydrogen) atoms. The zero-order chi connectivity index (χ0) is 16.6. The SMILES string of the molecule is O=C(C1CC=CC1)N1CCC2(CCCN(CC3CCC3)C2=O)CC1. The van der Waals surface area contributed by atoms with E-state index in [1.54, 1.807) is 0 Å². The molecule has 2 aliphatic heterocycles. The van der Waals surface area contributed by atoms with Crippen molar-refractivity contribution in [2.24, 2.45) is 17.3 Å². The van der Waals surface area contributed by atoms with Crippen molar-refractivity contribution in [2.45, 2.75) is 57.8 Å². The molecule has 4 heteroatoms. The molecule has 4 aliphatic rings. The van der Waals surface area contributed by atoms with Crippen LogP contribution in [0.15, 0.2) is 12.2 Å². The summed E-state index contributed by atoms with van der Waals surface area (Å²) in [6, 6.07) is 0. The molecule has 4 nitrogen and oxygen atoms in total. The second-order valence-electron chi connectivity index (χ2n) is 8.40. The summed E-state index contributed by atoms with van der Waals surface area (Å²) in [5.74, 6) is 1.62. The Balaban J connectivity index is 1.36. The summed E-state index contributed by atoms with van der Waals surface area (Å²) in [5.41, 5.74) is -0.160. The van der Waals surface area contributed by atoms with Crippen molar-refractivity contribution in [3.8, 4) is 0 Å². The molecule has 0 atom stereocenters. The minimum Gasteiger partial charge on any atom is -0.342 e. The summed E-state index contributed by atoms with van der Waals surface area (Å²) in [6.45, 7) is 3.49. The number of amides is 2. The van der Waals surface area contributed by atoms with Gasteiger partial charge in [-0.05, 0) is 57.3 Å². The van der Waals surface area contributed by atoms with Gasteiger partial charge in [-0.2, -0.15) is 0 Å². The van der Waals surface area contributed by atoms with E-state index in [1.807, 2.05) is 4.90 Å². The topological polar surface area (TPSA) is 40.6 Å². The Bertz CT molecular complexity index is 522. The number of nitrogens with zero attached hydrogens (tertiary/aromatic N) is 2. The molecule has 2 aliphatic carbocycles. The number of allylic oxidation sites excluding steroid dienone is 2. The molecule has 1 spiro atoms. The van der Waals surface area contributed by atoms with Gasteiger partial charge in [-0.3, -0.25) is 9.59 Å². The molecule has 2 amide bonds. The molecular weight excluding hydrogens is 300 g/mol. The van der Waals surface area contributed by atoms with Crippen molar-refractivity contribution in [1.29, 1.82) is 0 Å². The average Bonchev–Trinajstić information content (AvgIpc) is 3.09. The normalized spacial score (nSPS) is 27.8. The summed E-state index contributed by atoms with van der Waals surface area (Å²) >= 11 is 0. The van der Waals surface area contributed by atoms with E-state index in [-0.39, 0.29) is 11.3 Å². The van der Waals surface area contributed by atoms with Gasteiger partial charge in [0.05, 0.1) is 5.41 Å². The molecule has 3 fully saturated rings. The number of carbonyl (C=O) groups excluding carboxylic acids is 2. The van der Waals surface area contributed by atoms with Gasteiger partial charge in [0.1, 0.15) is 0 Å². The lowest BCUT2D eigenvalue weighted by Crippen LogP contribution is -2.55. The molecule has 0 N–H and O–H groups in total. The van der Waals surface area contributed by atoms with Crippen LogP contribution in [0.2, 0.25) is 0 Å². The van der Waals surface area contributed by atoms with Crippen molar-refractivity contribution in [3.05, 3.63) is 12.2 Å². The lowest BCUT2D eigenvalue weighted by molar-refractivity contribution is -0.154. The van der Waals surface area contributed by atoms with Crippen LogP contribution in [0.4, 0.5) is 0 Å². The molecule has 0 aromatic rings. The van der Waals surface area contributed by atoms with E-state index in [2.05, 4.69) is 17.1 Å². The first-order valence-corrected chi connectivity index (χ1v) is 9.91. The summed E-state index contributed by atoms with van der Waals surface area (Å²) in [5, 5.41) is 0. The number of carbonyl (C=O) groups is 2. The zero-order valence-corrected chi connectivity index (χ0v) is 14.7. The molecule has 0 bridgehead atoms. The predicted molar refractivity (Wildman–Crippen MR) is 93.3 cm³/mol. The molecule has 2 heterocycles. The minimum absolute atomic E-state index is 0.160. The van der Waals surface area contributed by atoms with Gasteiger partial charge >= 0.3 is 0 Å². The maximum absolute atomic E-state index is 13.1. The average molecular weight is 330 g/mol. The zero-order valence-electron chi connectivity index (χ0n) is 14.7. The van der Waals surface area contributed by atoms with Crippen LogP contribution in [0.5, 0.6) is 0 Å². The third kappa shape index (κ3) is 2.89. The largest absolute Gasteiger partial charge is 0.342 e. The van der Waals surface area contributed by atoms with Gasteiger partial charge in [-0.25, -0.2) is 0 Å². The van der Waals surface area contributed by atoms with Gasteiger partial charge in [0.15, 0.2) is 0 Å². The third-order valence-corrected chi connectivity index (χ3v) is 6.92. The summed E-state index contributed by atoms with van der Waals surface area (Å²) in [4.78, 5) is 29.9. The lowest BCUT2D eigenvalue weighted by Gasteiger charge is -2.48. The summed E-state index contributed by atoms with van der Waals surface area (Å²) in [6.07, 6.45) is 13.9. The van der Waals surface area contributed by atoms with Gasteiger partial charge in [-0.1, -0.05) is 18.6 Å². The van der Waals surface area contributed by atoms with Gasteiger partial charge in [0.25, 0.3) is 0 Å². The first kappa shape index (κ1) is 16.2. The van der Waals surface area contributed by atoms with Crippen LogP contribution >= 0.6 is 0 Å². The fourth-order valence-corrected chi connectivity index (χ4v) is 5.01. The monoisotopic (exact) mass is 330 g/mol. The number of hydrogen-bond donors (Lipinski definition) is 0. The highest BCUT2D eigenvalue weighted by Gasteiger charge is 2.47. The molecular formula is C20H30N2O2. The van der Waals surface area contributed by atoms with Crippen LogP contribution in [0.1, 0.15) is 57.8 Å². The van der Waals surface area contributed by atoms with Gasteiger partial charge in [-0.15, -0.1) is 0 Å². The fourth-order valence-electron chi connectivity index (χ4n) is 5.01. The van der Waals surface area contributed by atoms with Crippen molar-refractivity contribution in [1.82, 2.24) is 9.80 Å². The second-order valence-corrected chi connectivity index (χ2v) is 8.40. The molecule has 0 radical (unpaired) electrons. The van der Waals surface area contributed by atoms with E-state index in [0.29, 0.717) is 11.8 Å². The number of rotatable bonds is 3. The quantitative estimate of drug-likeness (QED) is 0.747. The molecule has 132 valence electrons. The molecule has 4 rings (SSSR count). The van der Waals surface area contributed by atoms with Crippen LogP contribution in [-0.4, -0.2) is 47.8 Å². The molecule has 0 aromatic heterocycles.